The average molecular weight is 429 g/mol. The van der Waals surface area contributed by atoms with Gasteiger partial charge in [0.25, 0.3) is 0 Å². The minimum atomic E-state index is -0.476. The van der Waals surface area contributed by atoms with E-state index in [-0.39, 0.29) is 6.61 Å². The van der Waals surface area contributed by atoms with Crippen molar-refractivity contribution in [2.24, 2.45) is 5.92 Å². The summed E-state index contributed by atoms with van der Waals surface area (Å²) in [4.78, 5) is 24.3. The monoisotopic (exact) mass is 428 g/mol. The summed E-state index contributed by atoms with van der Waals surface area (Å²) in [5.41, 5.74) is 0.696. The van der Waals surface area contributed by atoms with Crippen LogP contribution in [0.2, 0.25) is 0 Å². The van der Waals surface area contributed by atoms with E-state index in [1.807, 2.05) is 0 Å². The molecule has 0 atom stereocenters. The lowest BCUT2D eigenvalue weighted by molar-refractivity contribution is 0.0494. The molecule has 0 aliphatic rings. The van der Waals surface area contributed by atoms with Gasteiger partial charge in [-0.05, 0) is 43.4 Å². The Hall–Kier alpha value is -2.28. The van der Waals surface area contributed by atoms with Gasteiger partial charge >= 0.3 is 11.9 Å². The van der Waals surface area contributed by atoms with Gasteiger partial charge < -0.3 is 9.47 Å². The van der Waals surface area contributed by atoms with E-state index in [2.05, 4.69) is 32.6 Å². The molecule has 0 fully saturated rings. The van der Waals surface area contributed by atoms with Crippen molar-refractivity contribution in [1.29, 1.82) is 0 Å². The van der Waals surface area contributed by atoms with Crippen LogP contribution in [0.25, 0.3) is 0 Å². The van der Waals surface area contributed by atoms with Crippen LogP contribution < -0.4 is 0 Å². The Morgan fingerprint density at radius 2 is 1.45 bits per heavy atom. The largest absolute Gasteiger partial charge is 0.462 e. The first kappa shape index (κ1) is 26.8. The molecule has 0 radical (unpaired) electrons. The molecule has 0 spiro atoms. The summed E-state index contributed by atoms with van der Waals surface area (Å²) in [5.74, 6) is 5.66. The molecule has 4 nitrogen and oxygen atoms in total. The fourth-order valence-electron chi connectivity index (χ4n) is 3.18. The van der Waals surface area contributed by atoms with Gasteiger partial charge in [0.1, 0.15) is 0 Å². The van der Waals surface area contributed by atoms with Crippen molar-refractivity contribution in [2.75, 3.05) is 13.2 Å². The SMILES string of the molecule is CCCCCCCCCCC#CCOC(=O)c1cccc(C(=O)OCCCC(C)C)c1. The minimum absolute atomic E-state index is 0.0692. The highest BCUT2D eigenvalue weighted by molar-refractivity contribution is 5.95. The maximum absolute atomic E-state index is 12.2. The second-order valence-corrected chi connectivity index (χ2v) is 8.41. The van der Waals surface area contributed by atoms with Crippen LogP contribution in [0.5, 0.6) is 0 Å². The molecule has 4 heteroatoms. The molecule has 0 saturated heterocycles. The highest BCUT2D eigenvalue weighted by atomic mass is 16.5. The predicted molar refractivity (Wildman–Crippen MR) is 126 cm³/mol. The maximum atomic E-state index is 12.2. The highest BCUT2D eigenvalue weighted by Gasteiger charge is 2.12. The molecule has 0 saturated carbocycles. The number of esters is 2. The summed E-state index contributed by atoms with van der Waals surface area (Å²) in [5, 5.41) is 0. The molecular weight excluding hydrogens is 388 g/mol. The van der Waals surface area contributed by atoms with Crippen molar-refractivity contribution in [3.63, 3.8) is 0 Å². The molecule has 0 heterocycles. The second-order valence-electron chi connectivity index (χ2n) is 8.41. The molecule has 0 bridgehead atoms. The van der Waals surface area contributed by atoms with Gasteiger partial charge in [0, 0.05) is 6.42 Å². The summed E-state index contributed by atoms with van der Waals surface area (Å²) >= 11 is 0. The Kier molecular flexibility index (Phi) is 15.0. The van der Waals surface area contributed by atoms with Crippen molar-refractivity contribution >= 4 is 11.9 Å². The smallest absolute Gasteiger partial charge is 0.339 e. The van der Waals surface area contributed by atoms with Gasteiger partial charge in [-0.2, -0.15) is 0 Å². The third kappa shape index (κ3) is 13.6. The molecule has 0 aliphatic heterocycles. The van der Waals surface area contributed by atoms with E-state index in [4.69, 9.17) is 9.47 Å². The third-order valence-corrected chi connectivity index (χ3v) is 5.05. The number of unbranched alkanes of at least 4 members (excludes halogenated alkanes) is 8. The average Bonchev–Trinajstić information content (AvgIpc) is 2.77. The van der Waals surface area contributed by atoms with Gasteiger partial charge in [-0.15, -0.1) is 0 Å². The maximum Gasteiger partial charge on any atom is 0.339 e. The Balaban J connectivity index is 2.24. The van der Waals surface area contributed by atoms with Crippen molar-refractivity contribution < 1.29 is 19.1 Å². The highest BCUT2D eigenvalue weighted by Crippen LogP contribution is 2.11. The molecule has 172 valence electrons. The first-order chi connectivity index (χ1) is 15.0. The zero-order valence-corrected chi connectivity index (χ0v) is 19.7. The van der Waals surface area contributed by atoms with Crippen LogP contribution in [0, 0.1) is 17.8 Å². The number of ether oxygens (including phenoxy) is 2. The zero-order chi connectivity index (χ0) is 22.7. The van der Waals surface area contributed by atoms with Crippen LogP contribution in [0.3, 0.4) is 0 Å². The number of rotatable bonds is 15. The van der Waals surface area contributed by atoms with Gasteiger partial charge in [-0.25, -0.2) is 9.59 Å². The lowest BCUT2D eigenvalue weighted by Gasteiger charge is -2.07. The van der Waals surface area contributed by atoms with Gasteiger partial charge in [-0.3, -0.25) is 0 Å². The second kappa shape index (κ2) is 17.4. The first-order valence-electron chi connectivity index (χ1n) is 11.9. The Labute approximate surface area is 189 Å². The van der Waals surface area contributed by atoms with Gasteiger partial charge in [0.15, 0.2) is 6.61 Å². The summed E-state index contributed by atoms with van der Waals surface area (Å²) in [6.07, 6.45) is 12.9. The van der Waals surface area contributed by atoms with E-state index in [9.17, 15) is 9.59 Å². The Morgan fingerprint density at radius 1 is 0.839 bits per heavy atom. The number of hydrogen-bond donors (Lipinski definition) is 0. The Morgan fingerprint density at radius 3 is 2.10 bits per heavy atom. The zero-order valence-electron chi connectivity index (χ0n) is 19.7. The van der Waals surface area contributed by atoms with Crippen LogP contribution in [-0.4, -0.2) is 25.2 Å². The topological polar surface area (TPSA) is 52.6 Å². The summed E-state index contributed by atoms with van der Waals surface area (Å²) in [6, 6.07) is 6.45. The van der Waals surface area contributed by atoms with Crippen molar-refractivity contribution in [3.8, 4) is 11.8 Å². The third-order valence-electron chi connectivity index (χ3n) is 5.05. The van der Waals surface area contributed by atoms with Crippen molar-refractivity contribution in [3.05, 3.63) is 35.4 Å². The van der Waals surface area contributed by atoms with Crippen molar-refractivity contribution in [1.82, 2.24) is 0 Å². The van der Waals surface area contributed by atoms with Crippen LogP contribution in [0.15, 0.2) is 24.3 Å². The fraction of sp³-hybridized carbons (Fsp3) is 0.630. The molecule has 0 N–H and O–H groups in total. The molecule has 0 unspecified atom stereocenters. The lowest BCUT2D eigenvalue weighted by atomic mass is 10.1. The van der Waals surface area contributed by atoms with E-state index in [1.165, 1.54) is 51.0 Å². The number of benzene rings is 1. The van der Waals surface area contributed by atoms with Crippen LogP contribution in [0.1, 0.15) is 112 Å². The molecule has 0 amide bonds. The van der Waals surface area contributed by atoms with E-state index in [1.54, 1.807) is 18.2 Å². The summed E-state index contributed by atoms with van der Waals surface area (Å²) in [7, 11) is 0. The summed E-state index contributed by atoms with van der Waals surface area (Å²) in [6.45, 7) is 6.97. The summed E-state index contributed by atoms with van der Waals surface area (Å²) < 4.78 is 10.5. The molecule has 1 aromatic carbocycles. The lowest BCUT2D eigenvalue weighted by Crippen LogP contribution is -2.10. The minimum Gasteiger partial charge on any atom is -0.462 e. The fourth-order valence-corrected chi connectivity index (χ4v) is 3.18. The van der Waals surface area contributed by atoms with Gasteiger partial charge in [0.05, 0.1) is 17.7 Å². The van der Waals surface area contributed by atoms with Crippen LogP contribution in [-0.2, 0) is 9.47 Å². The molecule has 1 rings (SSSR count). The molecule has 1 aromatic rings. The molecule has 0 aromatic heterocycles. The van der Waals surface area contributed by atoms with Crippen LogP contribution >= 0.6 is 0 Å². The van der Waals surface area contributed by atoms with E-state index in [0.717, 1.165) is 25.7 Å². The number of carbonyl (C=O) groups excluding carboxylic acids is 2. The predicted octanol–water partition coefficient (Wildman–Crippen LogP) is 6.97. The van der Waals surface area contributed by atoms with E-state index < -0.39 is 11.9 Å². The number of carbonyl (C=O) groups is 2. The van der Waals surface area contributed by atoms with Crippen LogP contribution in [0.4, 0.5) is 0 Å². The quantitative estimate of drug-likeness (QED) is 0.172. The Bertz CT molecular complexity index is 697. The molecule has 0 aliphatic carbocycles. The molecular formula is C27H40O4. The van der Waals surface area contributed by atoms with Gasteiger partial charge in [0.2, 0.25) is 0 Å². The number of hydrogen-bond acceptors (Lipinski definition) is 4. The van der Waals surface area contributed by atoms with E-state index >= 15 is 0 Å². The normalized spacial score (nSPS) is 10.5. The standard InChI is InChI=1S/C27H40O4/c1-4-5-6-7-8-9-10-11-12-13-14-20-30-26(28)24-18-15-19-25(22-24)27(29)31-21-16-17-23(2)3/h15,18-19,22-23H,4-12,16-17,20-21H2,1-3H3. The van der Waals surface area contributed by atoms with E-state index in [0.29, 0.717) is 23.7 Å². The van der Waals surface area contributed by atoms with Crippen molar-refractivity contribution in [2.45, 2.75) is 91.4 Å². The first-order valence-corrected chi connectivity index (χ1v) is 11.9. The van der Waals surface area contributed by atoms with Gasteiger partial charge in [-0.1, -0.05) is 83.6 Å². The molecule has 31 heavy (non-hydrogen) atoms.